The molecule has 1 saturated carbocycles. The Morgan fingerprint density at radius 2 is 2.08 bits per heavy atom. The van der Waals surface area contributed by atoms with Gasteiger partial charge in [0.2, 0.25) is 5.91 Å². The second-order valence-corrected chi connectivity index (χ2v) is 8.70. The highest BCUT2D eigenvalue weighted by Gasteiger charge is 2.31. The number of aryl methyl sites for hydroxylation is 1. The number of carbonyl (C=O) groups excluding carboxylic acids is 1. The SMILES string of the molecule is Cc1ccccc1NC(=O)C(C)Sc1nnc(-c2cccs2)n1C1CC1. The standard InChI is InChI=1S/C19H20N4OS2/c1-12-6-3-4-7-15(12)20-18(24)13(2)26-19-22-21-17(16-8-5-11-25-16)23(19)14-9-10-14/h3-8,11,13-14H,9-10H2,1-2H3,(H,20,24). The van der Waals surface area contributed by atoms with Crippen LogP contribution in [0.5, 0.6) is 0 Å². The number of nitrogens with zero attached hydrogens (tertiary/aromatic N) is 3. The van der Waals surface area contributed by atoms with Crippen LogP contribution in [0.4, 0.5) is 5.69 Å². The molecule has 1 amide bonds. The van der Waals surface area contributed by atoms with Gasteiger partial charge in [-0.25, -0.2) is 0 Å². The van der Waals surface area contributed by atoms with Gasteiger partial charge in [0.1, 0.15) is 0 Å². The van der Waals surface area contributed by atoms with Crippen LogP contribution in [0, 0.1) is 6.92 Å². The van der Waals surface area contributed by atoms with E-state index in [-0.39, 0.29) is 11.2 Å². The Hall–Kier alpha value is -2.12. The molecule has 1 fully saturated rings. The van der Waals surface area contributed by atoms with Crippen molar-refractivity contribution in [2.24, 2.45) is 0 Å². The quantitative estimate of drug-likeness (QED) is 0.622. The summed E-state index contributed by atoms with van der Waals surface area (Å²) in [7, 11) is 0. The van der Waals surface area contributed by atoms with E-state index in [0.29, 0.717) is 6.04 Å². The minimum Gasteiger partial charge on any atom is -0.325 e. The average Bonchev–Trinajstić information content (AvgIpc) is 3.16. The number of benzene rings is 1. The van der Waals surface area contributed by atoms with Crippen LogP contribution in [0.3, 0.4) is 0 Å². The molecule has 3 aromatic rings. The Labute approximate surface area is 160 Å². The first-order chi connectivity index (χ1) is 12.6. The minimum absolute atomic E-state index is 0.0210. The molecule has 2 aromatic heterocycles. The van der Waals surface area contributed by atoms with Gasteiger partial charge in [-0.3, -0.25) is 9.36 Å². The van der Waals surface area contributed by atoms with E-state index < -0.39 is 0 Å². The van der Waals surface area contributed by atoms with Crippen LogP contribution in [0.1, 0.15) is 31.4 Å². The number of para-hydroxylation sites is 1. The van der Waals surface area contributed by atoms with Crippen LogP contribution in [0.25, 0.3) is 10.7 Å². The van der Waals surface area contributed by atoms with Crippen LogP contribution in [0.15, 0.2) is 46.9 Å². The van der Waals surface area contributed by atoms with Crippen LogP contribution in [-0.2, 0) is 4.79 Å². The third-order valence-electron chi connectivity index (χ3n) is 4.37. The maximum atomic E-state index is 12.6. The molecule has 1 aliphatic rings. The lowest BCUT2D eigenvalue weighted by Crippen LogP contribution is -2.23. The smallest absolute Gasteiger partial charge is 0.237 e. The van der Waals surface area contributed by atoms with Crippen molar-refractivity contribution in [3.8, 4) is 10.7 Å². The molecule has 26 heavy (non-hydrogen) atoms. The predicted octanol–water partition coefficient (Wildman–Crippen LogP) is 4.77. The largest absolute Gasteiger partial charge is 0.325 e. The van der Waals surface area contributed by atoms with Gasteiger partial charge in [-0.05, 0) is 49.8 Å². The number of amides is 1. The summed E-state index contributed by atoms with van der Waals surface area (Å²) in [4.78, 5) is 13.7. The molecule has 5 nitrogen and oxygen atoms in total. The van der Waals surface area contributed by atoms with Gasteiger partial charge in [-0.15, -0.1) is 21.5 Å². The molecule has 1 N–H and O–H groups in total. The number of anilines is 1. The van der Waals surface area contributed by atoms with Gasteiger partial charge in [-0.1, -0.05) is 36.0 Å². The highest BCUT2D eigenvalue weighted by atomic mass is 32.2. The zero-order chi connectivity index (χ0) is 18.1. The fourth-order valence-corrected chi connectivity index (χ4v) is 4.38. The topological polar surface area (TPSA) is 59.8 Å². The van der Waals surface area contributed by atoms with E-state index in [1.54, 1.807) is 11.3 Å². The molecule has 0 aliphatic heterocycles. The summed E-state index contributed by atoms with van der Waals surface area (Å²) in [5.74, 6) is 0.892. The number of carbonyl (C=O) groups is 1. The summed E-state index contributed by atoms with van der Waals surface area (Å²) < 4.78 is 2.20. The van der Waals surface area contributed by atoms with Crippen LogP contribution in [0.2, 0.25) is 0 Å². The van der Waals surface area contributed by atoms with Gasteiger partial charge in [0.15, 0.2) is 11.0 Å². The van der Waals surface area contributed by atoms with Crippen molar-refractivity contribution in [1.29, 1.82) is 0 Å². The predicted molar refractivity (Wildman–Crippen MR) is 107 cm³/mol. The van der Waals surface area contributed by atoms with E-state index in [2.05, 4.69) is 26.1 Å². The number of nitrogens with one attached hydrogen (secondary N) is 1. The summed E-state index contributed by atoms with van der Waals surface area (Å²) in [5, 5.41) is 14.4. The third-order valence-corrected chi connectivity index (χ3v) is 6.30. The van der Waals surface area contributed by atoms with Gasteiger partial charge in [0, 0.05) is 11.7 Å². The maximum Gasteiger partial charge on any atom is 0.237 e. The Morgan fingerprint density at radius 3 is 2.77 bits per heavy atom. The second-order valence-electron chi connectivity index (χ2n) is 6.45. The molecule has 1 aromatic carbocycles. The fourth-order valence-electron chi connectivity index (χ4n) is 2.75. The first-order valence-electron chi connectivity index (χ1n) is 8.65. The average molecular weight is 385 g/mol. The monoisotopic (exact) mass is 384 g/mol. The second kappa shape index (κ2) is 7.25. The van der Waals surface area contributed by atoms with E-state index >= 15 is 0 Å². The zero-order valence-electron chi connectivity index (χ0n) is 14.7. The van der Waals surface area contributed by atoms with Crippen molar-refractivity contribution in [3.63, 3.8) is 0 Å². The van der Waals surface area contributed by atoms with E-state index in [1.165, 1.54) is 11.8 Å². The lowest BCUT2D eigenvalue weighted by molar-refractivity contribution is -0.115. The molecular formula is C19H20N4OS2. The van der Waals surface area contributed by atoms with Crippen LogP contribution in [-0.4, -0.2) is 25.9 Å². The van der Waals surface area contributed by atoms with E-state index in [4.69, 9.17) is 0 Å². The number of rotatable bonds is 6. The number of thioether (sulfide) groups is 1. The normalized spacial score (nSPS) is 15.0. The third kappa shape index (κ3) is 3.54. The van der Waals surface area contributed by atoms with Crippen molar-refractivity contribution in [3.05, 3.63) is 47.3 Å². The Balaban J connectivity index is 1.52. The molecule has 1 aliphatic carbocycles. The van der Waals surface area contributed by atoms with Crippen molar-refractivity contribution < 1.29 is 4.79 Å². The lowest BCUT2D eigenvalue weighted by Gasteiger charge is -2.14. The minimum atomic E-state index is -0.257. The van der Waals surface area contributed by atoms with Crippen molar-refractivity contribution >= 4 is 34.7 Å². The molecule has 0 spiro atoms. The van der Waals surface area contributed by atoms with Crippen molar-refractivity contribution in [1.82, 2.24) is 14.8 Å². The molecule has 7 heteroatoms. The summed E-state index contributed by atoms with van der Waals surface area (Å²) >= 11 is 3.14. The molecular weight excluding hydrogens is 364 g/mol. The lowest BCUT2D eigenvalue weighted by atomic mass is 10.2. The molecule has 0 bridgehead atoms. The van der Waals surface area contributed by atoms with E-state index in [0.717, 1.165) is 40.0 Å². The van der Waals surface area contributed by atoms with Gasteiger partial charge < -0.3 is 5.32 Å². The first-order valence-corrected chi connectivity index (χ1v) is 10.4. The van der Waals surface area contributed by atoms with E-state index in [1.807, 2.05) is 49.6 Å². The number of hydrogen-bond acceptors (Lipinski definition) is 5. The molecule has 0 saturated heterocycles. The molecule has 134 valence electrons. The zero-order valence-corrected chi connectivity index (χ0v) is 16.3. The van der Waals surface area contributed by atoms with Crippen LogP contribution >= 0.6 is 23.1 Å². The molecule has 2 heterocycles. The Kier molecular flexibility index (Phi) is 4.82. The highest BCUT2D eigenvalue weighted by Crippen LogP contribution is 2.42. The van der Waals surface area contributed by atoms with Gasteiger partial charge in [-0.2, -0.15) is 0 Å². The molecule has 4 rings (SSSR count). The summed E-state index contributed by atoms with van der Waals surface area (Å²) in [6.07, 6.45) is 2.29. The van der Waals surface area contributed by atoms with Crippen molar-refractivity contribution in [2.75, 3.05) is 5.32 Å². The van der Waals surface area contributed by atoms with E-state index in [9.17, 15) is 4.79 Å². The maximum absolute atomic E-state index is 12.6. The van der Waals surface area contributed by atoms with Gasteiger partial charge in [0.25, 0.3) is 0 Å². The summed E-state index contributed by atoms with van der Waals surface area (Å²) in [6.45, 7) is 3.90. The highest BCUT2D eigenvalue weighted by molar-refractivity contribution is 8.00. The number of hydrogen-bond donors (Lipinski definition) is 1. The van der Waals surface area contributed by atoms with Gasteiger partial charge >= 0.3 is 0 Å². The molecule has 0 radical (unpaired) electrons. The van der Waals surface area contributed by atoms with Gasteiger partial charge in [0.05, 0.1) is 10.1 Å². The first kappa shape index (κ1) is 17.3. The fraction of sp³-hybridized carbons (Fsp3) is 0.316. The number of thiophene rings is 1. The van der Waals surface area contributed by atoms with Crippen molar-refractivity contribution in [2.45, 2.75) is 43.1 Å². The summed E-state index contributed by atoms with van der Waals surface area (Å²) in [6, 6.07) is 12.4. The molecule has 1 atom stereocenters. The van der Waals surface area contributed by atoms with Crippen LogP contribution < -0.4 is 5.32 Å². The Bertz CT molecular complexity index is 916. The Morgan fingerprint density at radius 1 is 1.27 bits per heavy atom. The molecule has 1 unspecified atom stereocenters. The number of aromatic nitrogens is 3. The summed E-state index contributed by atoms with van der Waals surface area (Å²) in [5.41, 5.74) is 1.91.